The monoisotopic (exact) mass is 1320 g/mol. The van der Waals surface area contributed by atoms with Crippen LogP contribution in [0, 0.1) is 0 Å². The SMILES string of the molecule is CSC1=C(SC)SC(=C2Cc3cccc(c3)CC(=C3SC(SC)=C(SC)S3)Cc3cc(cc(-c4ccc(-c5cc6cc(c5)CC(=C5SC(SC)=C(SC)S5)Cc5cccc(c5)CC(=C5SC(SC)=C(SC)S5)C6)s4)c3)C2)S1. The highest BCUT2D eigenvalue weighted by atomic mass is 32.3. The molecule has 77 heavy (non-hydrogen) atoms. The van der Waals surface area contributed by atoms with Crippen molar-refractivity contribution in [3.8, 4) is 20.9 Å². The Kier molecular flexibility index (Phi) is 21.0. The molecule has 0 amide bonds. The van der Waals surface area contributed by atoms with Crippen molar-refractivity contribution in [3.63, 3.8) is 0 Å². The quantitative estimate of drug-likeness (QED) is 0.130. The zero-order valence-electron chi connectivity index (χ0n) is 43.8. The van der Waals surface area contributed by atoms with Crippen molar-refractivity contribution >= 4 is 200 Å². The third-order valence-electron chi connectivity index (χ3n) is 13.4. The first kappa shape index (κ1) is 58.9. The molecule has 6 aliphatic rings. The smallest absolute Gasteiger partial charge is 0.0657 e. The van der Waals surface area contributed by atoms with Crippen LogP contribution in [-0.4, -0.2) is 50.0 Å². The van der Waals surface area contributed by atoms with Gasteiger partial charge in [0, 0.05) is 9.75 Å². The van der Waals surface area contributed by atoms with Crippen LogP contribution in [0.4, 0.5) is 0 Å². The van der Waals surface area contributed by atoms with Gasteiger partial charge in [-0.15, -0.1) is 105 Å². The van der Waals surface area contributed by atoms with Crippen molar-refractivity contribution in [2.75, 3.05) is 50.0 Å². The summed E-state index contributed by atoms with van der Waals surface area (Å²) in [5.74, 6) is 0. The summed E-state index contributed by atoms with van der Waals surface area (Å²) in [5, 5.41) is 0. The Labute approximate surface area is 529 Å². The molecule has 0 fully saturated rings. The number of fused-ring (bicyclic) bond motifs is 8. The van der Waals surface area contributed by atoms with Crippen LogP contribution < -0.4 is 0 Å². The first-order valence-electron chi connectivity index (χ1n) is 24.7. The summed E-state index contributed by atoms with van der Waals surface area (Å²) in [6, 6.07) is 39.2. The number of thiophene rings is 1. The van der Waals surface area contributed by atoms with Gasteiger partial charge in [0.05, 0.1) is 50.8 Å². The fourth-order valence-corrected chi connectivity index (χ4v) is 31.3. The highest BCUT2D eigenvalue weighted by Crippen LogP contribution is 2.61. The average molecular weight is 1320 g/mol. The Balaban J connectivity index is 1.01. The Morgan fingerprint density at radius 3 is 0.688 bits per heavy atom. The van der Waals surface area contributed by atoms with Gasteiger partial charge < -0.3 is 0 Å². The summed E-state index contributed by atoms with van der Waals surface area (Å²) >= 11 is 33.1. The van der Waals surface area contributed by atoms with E-state index in [2.05, 4.69) is 147 Å². The van der Waals surface area contributed by atoms with E-state index in [9.17, 15) is 0 Å². The van der Waals surface area contributed by atoms with Crippen LogP contribution in [0.5, 0.6) is 0 Å². The molecule has 5 aromatic rings. The fourth-order valence-electron chi connectivity index (χ4n) is 10.0. The molecular formula is C60H56S17. The predicted octanol–water partition coefficient (Wildman–Crippen LogP) is 23.0. The minimum Gasteiger partial charge on any atom is -0.135 e. The molecule has 0 radical (unpaired) electrons. The van der Waals surface area contributed by atoms with Crippen LogP contribution in [0.3, 0.4) is 0 Å². The maximum absolute atomic E-state index is 2.56. The second-order valence-corrected chi connectivity index (χ2v) is 37.5. The number of hydrogen-bond acceptors (Lipinski definition) is 17. The molecule has 0 atom stereocenters. The second kappa shape index (κ2) is 27.4. The predicted molar refractivity (Wildman–Crippen MR) is 383 cm³/mol. The lowest BCUT2D eigenvalue weighted by Gasteiger charge is -2.19. The zero-order chi connectivity index (χ0) is 53.2. The zero-order valence-corrected chi connectivity index (χ0v) is 57.7. The van der Waals surface area contributed by atoms with Gasteiger partial charge in [0.15, 0.2) is 0 Å². The van der Waals surface area contributed by atoms with E-state index in [1.807, 2.05) is 200 Å². The molecule has 0 unspecified atom stereocenters. The molecule has 0 saturated carbocycles. The van der Waals surface area contributed by atoms with Crippen molar-refractivity contribution < 1.29 is 0 Å². The van der Waals surface area contributed by atoms with Gasteiger partial charge in [-0.2, -0.15) is 0 Å². The van der Waals surface area contributed by atoms with Gasteiger partial charge in [0.25, 0.3) is 0 Å². The number of rotatable bonds is 10. The molecule has 11 rings (SSSR count). The summed E-state index contributed by atoms with van der Waals surface area (Å²) < 4.78 is 17.4. The van der Waals surface area contributed by atoms with Crippen molar-refractivity contribution in [2.24, 2.45) is 0 Å². The number of thioether (sulfide) groups is 16. The third-order valence-corrected chi connectivity index (χ3v) is 36.1. The summed E-state index contributed by atoms with van der Waals surface area (Å²) in [4.78, 5) is 2.68. The standard InChI is InChI=1S/C60H56S17/c1-61-53-54(62-2)71-49(70-53)43-21-33-11-9-12-34(17-33)22-44(50-72-55(63-3)56(64-4)73-50)30-38-19-37(29-43)25-41(26-38)47-15-16-48(69-47)42-27-39-20-40(28-42)32-46(52-76-59(67-7)60(68-8)77-52)24-36-14-10-13-35(18-36)23-45(31-39)51-74-57(65-5)58(66-6)75-51/h9-20,25-28H,21-24,29-32H2,1-8H3. The van der Waals surface area contributed by atoms with E-state index in [0.29, 0.717) is 0 Å². The lowest BCUT2D eigenvalue weighted by Crippen LogP contribution is -2.04. The number of allylic oxidation sites excluding steroid dienone is 4. The number of benzene rings is 4. The van der Waals surface area contributed by atoms with Crippen molar-refractivity contribution in [1.29, 1.82) is 0 Å². The molecule has 4 aromatic carbocycles. The molecule has 0 N–H and O–H groups in total. The second-order valence-electron chi connectivity index (χ2n) is 18.6. The van der Waals surface area contributed by atoms with Gasteiger partial charge >= 0.3 is 0 Å². The molecule has 0 spiro atoms. The van der Waals surface area contributed by atoms with Crippen molar-refractivity contribution in [3.05, 3.63) is 215 Å². The van der Waals surface area contributed by atoms with Gasteiger partial charge in [-0.05, 0) is 216 Å². The highest BCUT2D eigenvalue weighted by Gasteiger charge is 2.29. The normalized spacial score (nSPS) is 18.6. The Hall–Kier alpha value is 0.100. The van der Waals surface area contributed by atoms with Crippen LogP contribution >= 0.6 is 200 Å². The fraction of sp³-hybridized carbons (Fsp3) is 0.267. The van der Waals surface area contributed by atoms with Crippen LogP contribution in [0.1, 0.15) is 44.5 Å². The van der Waals surface area contributed by atoms with E-state index in [1.165, 1.54) is 139 Å². The number of hydrogen-bond donors (Lipinski definition) is 0. The average Bonchev–Trinajstić information content (AvgIpc) is 4.32. The highest BCUT2D eigenvalue weighted by molar-refractivity contribution is 8.42. The molecule has 17 heteroatoms. The molecular weight excluding hydrogens is 1270 g/mol. The van der Waals surface area contributed by atoms with Gasteiger partial charge in [0.2, 0.25) is 0 Å². The summed E-state index contributed by atoms with van der Waals surface area (Å²) in [7, 11) is 0. The van der Waals surface area contributed by atoms with E-state index in [0.717, 1.165) is 51.4 Å². The van der Waals surface area contributed by atoms with E-state index in [-0.39, 0.29) is 0 Å². The minimum absolute atomic E-state index is 0.933. The van der Waals surface area contributed by atoms with E-state index >= 15 is 0 Å². The molecule has 4 aliphatic heterocycles. The Morgan fingerprint density at radius 2 is 0.468 bits per heavy atom. The molecule has 0 nitrogen and oxygen atoms in total. The molecule has 0 saturated heterocycles. The van der Waals surface area contributed by atoms with Crippen molar-refractivity contribution in [2.45, 2.75) is 51.4 Å². The molecule has 1 aromatic heterocycles. The van der Waals surface area contributed by atoms with E-state index in [4.69, 9.17) is 0 Å². The van der Waals surface area contributed by atoms with Gasteiger partial charge in [-0.25, -0.2) is 0 Å². The van der Waals surface area contributed by atoms with Crippen LogP contribution in [0.25, 0.3) is 20.9 Å². The van der Waals surface area contributed by atoms with Crippen molar-refractivity contribution in [1.82, 2.24) is 0 Å². The Morgan fingerprint density at radius 1 is 0.260 bits per heavy atom. The maximum Gasteiger partial charge on any atom is 0.0657 e. The largest absolute Gasteiger partial charge is 0.135 e. The molecule has 2 aliphatic carbocycles. The lowest BCUT2D eigenvalue weighted by molar-refractivity contribution is 0.989. The van der Waals surface area contributed by atoms with Crippen LogP contribution in [-0.2, 0) is 51.4 Å². The Bertz CT molecular complexity index is 2930. The van der Waals surface area contributed by atoms with Crippen LogP contribution in [0.15, 0.2) is 170 Å². The van der Waals surface area contributed by atoms with Crippen LogP contribution in [0.2, 0.25) is 0 Å². The molecule has 398 valence electrons. The first-order chi connectivity index (χ1) is 37.6. The molecule has 8 bridgehead atoms. The first-order valence-corrected chi connectivity index (χ1v) is 41.9. The van der Waals surface area contributed by atoms with Gasteiger partial charge in [-0.3, -0.25) is 0 Å². The summed E-state index contributed by atoms with van der Waals surface area (Å²) in [5.41, 5.74) is 20.1. The maximum atomic E-state index is 2.56. The van der Waals surface area contributed by atoms with E-state index in [1.54, 1.807) is 0 Å². The van der Waals surface area contributed by atoms with Gasteiger partial charge in [0.1, 0.15) is 0 Å². The minimum atomic E-state index is 0.933. The lowest BCUT2D eigenvalue weighted by atomic mass is 9.90. The topological polar surface area (TPSA) is 0 Å². The van der Waals surface area contributed by atoms with E-state index < -0.39 is 0 Å². The molecule has 5 heterocycles. The third kappa shape index (κ3) is 13.9. The summed E-state index contributed by atoms with van der Waals surface area (Å²) in [6.45, 7) is 0. The summed E-state index contributed by atoms with van der Waals surface area (Å²) in [6.07, 6.45) is 25.4. The van der Waals surface area contributed by atoms with Gasteiger partial charge in [-0.1, -0.05) is 155 Å².